The first-order valence-corrected chi connectivity index (χ1v) is 9.50. The molecule has 0 spiro atoms. The van der Waals surface area contributed by atoms with Gasteiger partial charge in [-0.05, 0) is 54.3 Å². The summed E-state index contributed by atoms with van der Waals surface area (Å²) in [4.78, 5) is 15.9. The average Bonchev–Trinajstić information content (AvgIpc) is 2.69. The zero-order valence-corrected chi connectivity index (χ0v) is 15.7. The van der Waals surface area contributed by atoms with Crippen molar-refractivity contribution < 1.29 is 4.79 Å². The third kappa shape index (κ3) is 4.93. The van der Waals surface area contributed by atoms with Crippen molar-refractivity contribution >= 4 is 5.91 Å². The molecule has 4 nitrogen and oxygen atoms in total. The minimum absolute atomic E-state index is 0.0440. The van der Waals surface area contributed by atoms with E-state index in [-0.39, 0.29) is 12.5 Å². The maximum atomic E-state index is 11.7. The zero-order chi connectivity index (χ0) is 18.4. The molecule has 0 radical (unpaired) electrons. The molecule has 0 aliphatic carbocycles. The van der Waals surface area contributed by atoms with Crippen LogP contribution in [0.2, 0.25) is 0 Å². The van der Waals surface area contributed by atoms with Crippen LogP contribution in [0.1, 0.15) is 30.4 Å². The van der Waals surface area contributed by atoms with Crippen molar-refractivity contribution in [1.82, 2.24) is 9.80 Å². The van der Waals surface area contributed by atoms with Gasteiger partial charge in [-0.2, -0.15) is 0 Å². The molecule has 0 bridgehead atoms. The summed E-state index contributed by atoms with van der Waals surface area (Å²) in [7, 11) is 1.79. The molecule has 26 heavy (non-hydrogen) atoms. The maximum absolute atomic E-state index is 11.7. The molecule has 138 valence electrons. The highest BCUT2D eigenvalue weighted by Gasteiger charge is 2.11. The molecule has 1 aliphatic rings. The van der Waals surface area contributed by atoms with E-state index in [0.717, 1.165) is 12.1 Å². The first kappa shape index (κ1) is 18.6. The molecule has 2 aromatic rings. The van der Waals surface area contributed by atoms with Crippen molar-refractivity contribution in [2.24, 2.45) is 5.73 Å². The van der Waals surface area contributed by atoms with Gasteiger partial charge in [-0.3, -0.25) is 9.69 Å². The standard InChI is InChI=1S/C22H29N3O/c1-24(22(26)15-23)16-19-6-5-7-21(14-19)20-10-8-18(9-11-20)17-25-12-3-2-4-13-25/h5-11,14H,2-4,12-13,15-17,23H2,1H3. The van der Waals surface area contributed by atoms with Crippen LogP contribution in [0.15, 0.2) is 48.5 Å². The number of carbonyl (C=O) groups is 1. The number of piperidine rings is 1. The van der Waals surface area contributed by atoms with Gasteiger partial charge in [0, 0.05) is 20.1 Å². The van der Waals surface area contributed by atoms with Crippen LogP contribution in [0.3, 0.4) is 0 Å². The molecule has 0 aromatic heterocycles. The average molecular weight is 351 g/mol. The molecule has 0 unspecified atom stereocenters. The minimum Gasteiger partial charge on any atom is -0.340 e. The zero-order valence-electron chi connectivity index (χ0n) is 15.7. The third-order valence-electron chi connectivity index (χ3n) is 5.09. The van der Waals surface area contributed by atoms with Crippen molar-refractivity contribution in [2.75, 3.05) is 26.7 Å². The number of amides is 1. The lowest BCUT2D eigenvalue weighted by molar-refractivity contribution is -0.128. The molecule has 1 amide bonds. The highest BCUT2D eigenvalue weighted by Crippen LogP contribution is 2.22. The minimum atomic E-state index is -0.0440. The van der Waals surface area contributed by atoms with E-state index in [4.69, 9.17) is 5.73 Å². The van der Waals surface area contributed by atoms with Gasteiger partial charge in [0.1, 0.15) is 0 Å². The van der Waals surface area contributed by atoms with Crippen LogP contribution in [0.5, 0.6) is 0 Å². The predicted octanol–water partition coefficient (Wildman–Crippen LogP) is 3.26. The van der Waals surface area contributed by atoms with Gasteiger partial charge in [0.15, 0.2) is 0 Å². The van der Waals surface area contributed by atoms with E-state index in [9.17, 15) is 4.79 Å². The summed E-state index contributed by atoms with van der Waals surface area (Å²) < 4.78 is 0. The van der Waals surface area contributed by atoms with Crippen LogP contribution < -0.4 is 5.73 Å². The number of benzene rings is 2. The van der Waals surface area contributed by atoms with Gasteiger partial charge in [-0.15, -0.1) is 0 Å². The summed E-state index contributed by atoms with van der Waals surface area (Å²) in [6.45, 7) is 4.12. The maximum Gasteiger partial charge on any atom is 0.236 e. The summed E-state index contributed by atoms with van der Waals surface area (Å²) in [6.07, 6.45) is 4.02. The number of nitrogens with two attached hydrogens (primary N) is 1. The van der Waals surface area contributed by atoms with E-state index in [2.05, 4.69) is 47.4 Å². The molecule has 1 fully saturated rings. The Morgan fingerprint density at radius 3 is 2.42 bits per heavy atom. The Bertz CT molecular complexity index is 720. The van der Waals surface area contributed by atoms with Crippen molar-refractivity contribution in [3.05, 3.63) is 59.7 Å². The monoisotopic (exact) mass is 351 g/mol. The second-order valence-corrected chi connectivity index (χ2v) is 7.19. The Morgan fingerprint density at radius 2 is 1.73 bits per heavy atom. The number of hydrogen-bond donors (Lipinski definition) is 1. The van der Waals surface area contributed by atoms with Gasteiger partial charge in [-0.25, -0.2) is 0 Å². The second-order valence-electron chi connectivity index (χ2n) is 7.19. The Labute approximate surface area is 156 Å². The normalized spacial score (nSPS) is 15.0. The first-order valence-electron chi connectivity index (χ1n) is 9.50. The van der Waals surface area contributed by atoms with Crippen LogP contribution in [-0.2, 0) is 17.9 Å². The van der Waals surface area contributed by atoms with E-state index in [1.54, 1.807) is 11.9 Å². The van der Waals surface area contributed by atoms with Crippen molar-refractivity contribution in [3.63, 3.8) is 0 Å². The number of nitrogens with zero attached hydrogens (tertiary/aromatic N) is 2. The van der Waals surface area contributed by atoms with Crippen LogP contribution in [0, 0.1) is 0 Å². The lowest BCUT2D eigenvalue weighted by Gasteiger charge is -2.26. The first-order chi connectivity index (χ1) is 12.7. The molecule has 1 aliphatic heterocycles. The van der Waals surface area contributed by atoms with Gasteiger partial charge in [0.2, 0.25) is 5.91 Å². The number of rotatable bonds is 6. The summed E-state index contributed by atoms with van der Waals surface area (Å²) in [5.41, 5.74) is 10.3. The second kappa shape index (κ2) is 8.97. The van der Waals surface area contributed by atoms with Crippen LogP contribution in [0.25, 0.3) is 11.1 Å². The van der Waals surface area contributed by atoms with Gasteiger partial charge in [-0.1, -0.05) is 48.9 Å². The molecular formula is C22H29N3O. The van der Waals surface area contributed by atoms with Gasteiger partial charge < -0.3 is 10.6 Å². The smallest absolute Gasteiger partial charge is 0.236 e. The fourth-order valence-corrected chi connectivity index (χ4v) is 3.55. The molecule has 1 saturated heterocycles. The lowest BCUT2D eigenvalue weighted by Crippen LogP contribution is -2.32. The molecule has 2 aromatic carbocycles. The molecule has 4 heteroatoms. The largest absolute Gasteiger partial charge is 0.340 e. The summed E-state index contributed by atoms with van der Waals surface area (Å²) in [5.74, 6) is -0.0440. The predicted molar refractivity (Wildman–Crippen MR) is 107 cm³/mol. The number of carbonyl (C=O) groups excluding carboxylic acids is 1. The SMILES string of the molecule is CN(Cc1cccc(-c2ccc(CN3CCCCC3)cc2)c1)C(=O)CN. The van der Waals surface area contributed by atoms with Gasteiger partial charge in [0.05, 0.1) is 6.54 Å². The molecule has 0 saturated carbocycles. The molecule has 0 atom stereocenters. The Hall–Kier alpha value is -2.17. The van der Waals surface area contributed by atoms with Gasteiger partial charge >= 0.3 is 0 Å². The van der Waals surface area contributed by atoms with E-state index >= 15 is 0 Å². The van der Waals surface area contributed by atoms with E-state index in [0.29, 0.717) is 6.54 Å². The molecule has 3 rings (SSSR count). The Kier molecular flexibility index (Phi) is 6.42. The summed E-state index contributed by atoms with van der Waals surface area (Å²) in [6, 6.07) is 17.2. The van der Waals surface area contributed by atoms with Crippen LogP contribution in [0.4, 0.5) is 0 Å². The number of likely N-dealkylation sites (N-methyl/N-ethyl adjacent to an activating group) is 1. The Balaban J connectivity index is 1.66. The fraction of sp³-hybridized carbons (Fsp3) is 0.409. The lowest BCUT2D eigenvalue weighted by atomic mass is 10.0. The topological polar surface area (TPSA) is 49.6 Å². The fourth-order valence-electron chi connectivity index (χ4n) is 3.55. The quantitative estimate of drug-likeness (QED) is 0.869. The van der Waals surface area contributed by atoms with Crippen molar-refractivity contribution in [3.8, 4) is 11.1 Å². The van der Waals surface area contributed by atoms with Crippen molar-refractivity contribution in [1.29, 1.82) is 0 Å². The van der Waals surface area contributed by atoms with Gasteiger partial charge in [0.25, 0.3) is 0 Å². The van der Waals surface area contributed by atoms with Crippen LogP contribution in [-0.4, -0.2) is 42.4 Å². The number of hydrogen-bond acceptors (Lipinski definition) is 3. The molecule has 2 N–H and O–H groups in total. The molecular weight excluding hydrogens is 322 g/mol. The third-order valence-corrected chi connectivity index (χ3v) is 5.09. The highest BCUT2D eigenvalue weighted by atomic mass is 16.2. The Morgan fingerprint density at radius 1 is 1.00 bits per heavy atom. The van der Waals surface area contributed by atoms with Crippen LogP contribution >= 0.6 is 0 Å². The van der Waals surface area contributed by atoms with E-state index in [1.165, 1.54) is 49.0 Å². The summed E-state index contributed by atoms with van der Waals surface area (Å²) >= 11 is 0. The van der Waals surface area contributed by atoms with E-state index in [1.807, 2.05) is 6.07 Å². The van der Waals surface area contributed by atoms with Crippen molar-refractivity contribution in [2.45, 2.75) is 32.4 Å². The highest BCUT2D eigenvalue weighted by molar-refractivity contribution is 5.77. The number of likely N-dealkylation sites (tertiary alicyclic amines) is 1. The van der Waals surface area contributed by atoms with E-state index < -0.39 is 0 Å². The summed E-state index contributed by atoms with van der Waals surface area (Å²) in [5, 5.41) is 0. The molecule has 1 heterocycles.